The lowest BCUT2D eigenvalue weighted by Gasteiger charge is -2.12. The van der Waals surface area contributed by atoms with Gasteiger partial charge in [-0.05, 0) is 29.8 Å². The Kier molecular flexibility index (Phi) is 4.88. The summed E-state index contributed by atoms with van der Waals surface area (Å²) in [5.41, 5.74) is 2.15. The van der Waals surface area contributed by atoms with Crippen LogP contribution in [0.1, 0.15) is 22.3 Å². The Morgan fingerprint density at radius 1 is 1.30 bits per heavy atom. The van der Waals surface area contributed by atoms with Crippen LogP contribution in [0.2, 0.25) is 0 Å². The molecule has 8 nitrogen and oxygen atoms in total. The minimum atomic E-state index is -0.409. The Morgan fingerprint density at radius 2 is 2.15 bits per heavy atom. The lowest BCUT2D eigenvalue weighted by atomic mass is 10.2. The average molecular weight is 368 g/mol. The maximum atomic E-state index is 11.6. The van der Waals surface area contributed by atoms with Gasteiger partial charge in [-0.15, -0.1) is 5.10 Å². The van der Waals surface area contributed by atoms with E-state index in [0.717, 1.165) is 24.3 Å². The molecule has 8 heteroatoms. The van der Waals surface area contributed by atoms with Crippen molar-refractivity contribution in [1.29, 1.82) is 0 Å². The van der Waals surface area contributed by atoms with Crippen molar-refractivity contribution in [2.75, 3.05) is 25.6 Å². The molecule has 1 unspecified atom stereocenters. The quantitative estimate of drug-likeness (QED) is 0.668. The highest BCUT2D eigenvalue weighted by atomic mass is 16.5. The fourth-order valence-electron chi connectivity index (χ4n) is 2.86. The second-order valence-electron chi connectivity index (χ2n) is 6.25. The molecular weight excluding hydrogens is 348 g/mol. The summed E-state index contributed by atoms with van der Waals surface area (Å²) in [5, 5.41) is 7.52. The molecule has 3 heterocycles. The summed E-state index contributed by atoms with van der Waals surface area (Å²) in [6.45, 7) is 1.99. The van der Waals surface area contributed by atoms with Gasteiger partial charge in [0, 0.05) is 19.2 Å². The monoisotopic (exact) mass is 368 g/mol. The fourth-order valence-corrected chi connectivity index (χ4v) is 2.86. The molecule has 1 saturated heterocycles. The topological polar surface area (TPSA) is 87.0 Å². The van der Waals surface area contributed by atoms with E-state index in [1.54, 1.807) is 22.8 Å². The zero-order valence-electron chi connectivity index (χ0n) is 14.9. The number of methoxy groups -OCH3 is 1. The third kappa shape index (κ3) is 4.01. The van der Waals surface area contributed by atoms with E-state index in [4.69, 9.17) is 14.2 Å². The number of esters is 1. The van der Waals surface area contributed by atoms with Crippen molar-refractivity contribution in [3.63, 3.8) is 0 Å². The summed E-state index contributed by atoms with van der Waals surface area (Å²) in [6, 6.07) is 11.3. The Morgan fingerprint density at radius 3 is 2.89 bits per heavy atom. The Hall–Kier alpha value is -3.13. The van der Waals surface area contributed by atoms with E-state index in [0.29, 0.717) is 30.3 Å². The second-order valence-corrected chi connectivity index (χ2v) is 6.25. The van der Waals surface area contributed by atoms with Crippen molar-refractivity contribution in [2.45, 2.75) is 19.1 Å². The highest BCUT2D eigenvalue weighted by Crippen LogP contribution is 2.18. The SMILES string of the molecule is COC(=O)c1ccc2nc(NCc3ccc(OC4CCOC4)cc3)nn2c1. The third-order valence-electron chi connectivity index (χ3n) is 4.32. The normalized spacial score (nSPS) is 16.4. The predicted molar refractivity (Wildman–Crippen MR) is 97.9 cm³/mol. The van der Waals surface area contributed by atoms with E-state index in [1.165, 1.54) is 7.11 Å². The molecule has 4 rings (SSSR count). The number of benzene rings is 1. The van der Waals surface area contributed by atoms with Crippen molar-refractivity contribution in [3.8, 4) is 5.75 Å². The molecule has 2 aromatic heterocycles. The summed E-state index contributed by atoms with van der Waals surface area (Å²) >= 11 is 0. The zero-order valence-corrected chi connectivity index (χ0v) is 14.9. The highest BCUT2D eigenvalue weighted by Gasteiger charge is 2.17. The number of nitrogens with one attached hydrogen (secondary N) is 1. The van der Waals surface area contributed by atoms with Crippen LogP contribution in [0.25, 0.3) is 5.65 Å². The number of carbonyl (C=O) groups is 1. The number of pyridine rings is 1. The standard InChI is InChI=1S/C19H20N4O4/c1-25-18(24)14-4-7-17-21-19(22-23(17)11-14)20-10-13-2-5-15(6-3-13)27-16-8-9-26-12-16/h2-7,11,16H,8-10,12H2,1H3,(H,20,22). The van der Waals surface area contributed by atoms with E-state index < -0.39 is 5.97 Å². The Labute approximate surface area is 156 Å². The summed E-state index contributed by atoms with van der Waals surface area (Å²) in [7, 11) is 1.35. The van der Waals surface area contributed by atoms with Gasteiger partial charge in [0.1, 0.15) is 11.9 Å². The van der Waals surface area contributed by atoms with Crippen molar-refractivity contribution >= 4 is 17.6 Å². The molecule has 0 spiro atoms. The van der Waals surface area contributed by atoms with E-state index in [1.807, 2.05) is 24.3 Å². The van der Waals surface area contributed by atoms with Crippen LogP contribution >= 0.6 is 0 Å². The summed E-state index contributed by atoms with van der Waals surface area (Å²) < 4.78 is 17.4. The molecule has 0 saturated carbocycles. The number of aromatic nitrogens is 3. The fraction of sp³-hybridized carbons (Fsp3) is 0.316. The van der Waals surface area contributed by atoms with Crippen LogP contribution in [0.4, 0.5) is 5.95 Å². The second kappa shape index (κ2) is 7.63. The molecular formula is C19H20N4O4. The number of nitrogens with zero attached hydrogens (tertiary/aromatic N) is 3. The van der Waals surface area contributed by atoms with E-state index in [9.17, 15) is 4.79 Å². The average Bonchev–Trinajstić information content (AvgIpc) is 3.35. The maximum Gasteiger partial charge on any atom is 0.339 e. The molecule has 1 fully saturated rings. The third-order valence-corrected chi connectivity index (χ3v) is 4.32. The van der Waals surface area contributed by atoms with Crippen molar-refractivity contribution in [1.82, 2.24) is 14.6 Å². The van der Waals surface area contributed by atoms with Gasteiger partial charge in [-0.25, -0.2) is 9.31 Å². The van der Waals surface area contributed by atoms with Gasteiger partial charge >= 0.3 is 5.97 Å². The van der Waals surface area contributed by atoms with Gasteiger partial charge < -0.3 is 19.5 Å². The van der Waals surface area contributed by atoms with Crippen LogP contribution < -0.4 is 10.1 Å². The highest BCUT2D eigenvalue weighted by molar-refractivity contribution is 5.89. The van der Waals surface area contributed by atoms with Gasteiger partial charge in [0.05, 0.1) is 25.9 Å². The first-order valence-electron chi connectivity index (χ1n) is 8.73. The van der Waals surface area contributed by atoms with Crippen LogP contribution in [-0.2, 0) is 16.0 Å². The predicted octanol–water partition coefficient (Wildman–Crippen LogP) is 2.30. The number of carbonyl (C=O) groups excluding carboxylic acids is 1. The first-order chi connectivity index (χ1) is 13.2. The van der Waals surface area contributed by atoms with Crippen molar-refractivity contribution in [3.05, 3.63) is 53.7 Å². The Balaban J connectivity index is 1.38. The minimum absolute atomic E-state index is 0.144. The molecule has 1 aromatic carbocycles. The Bertz CT molecular complexity index is 933. The van der Waals surface area contributed by atoms with Gasteiger partial charge in [0.2, 0.25) is 5.95 Å². The first kappa shape index (κ1) is 17.3. The van der Waals surface area contributed by atoms with Crippen molar-refractivity contribution in [2.24, 2.45) is 0 Å². The largest absolute Gasteiger partial charge is 0.488 e. The van der Waals surface area contributed by atoms with Crippen LogP contribution in [0.5, 0.6) is 5.75 Å². The summed E-state index contributed by atoms with van der Waals surface area (Å²) in [6.07, 6.45) is 2.67. The van der Waals surface area contributed by atoms with Crippen LogP contribution in [-0.4, -0.2) is 47.0 Å². The molecule has 27 heavy (non-hydrogen) atoms. The molecule has 0 bridgehead atoms. The minimum Gasteiger partial charge on any atom is -0.488 e. The maximum absolute atomic E-state index is 11.6. The van der Waals surface area contributed by atoms with E-state index >= 15 is 0 Å². The van der Waals surface area contributed by atoms with Crippen molar-refractivity contribution < 1.29 is 19.0 Å². The number of fused-ring (bicyclic) bond motifs is 1. The molecule has 1 aliphatic heterocycles. The van der Waals surface area contributed by atoms with Gasteiger partial charge in [-0.1, -0.05) is 12.1 Å². The van der Waals surface area contributed by atoms with Crippen LogP contribution in [0, 0.1) is 0 Å². The van der Waals surface area contributed by atoms with Gasteiger partial charge in [0.25, 0.3) is 0 Å². The zero-order chi connectivity index (χ0) is 18.6. The van der Waals surface area contributed by atoms with E-state index in [-0.39, 0.29) is 6.10 Å². The number of rotatable bonds is 6. The number of ether oxygens (including phenoxy) is 3. The lowest BCUT2D eigenvalue weighted by molar-refractivity contribution is 0.0600. The molecule has 0 aliphatic carbocycles. The van der Waals surface area contributed by atoms with Crippen LogP contribution in [0.3, 0.4) is 0 Å². The number of hydrogen-bond donors (Lipinski definition) is 1. The molecule has 140 valence electrons. The van der Waals surface area contributed by atoms with Gasteiger partial charge in [0.15, 0.2) is 5.65 Å². The summed E-state index contributed by atoms with van der Waals surface area (Å²) in [5.74, 6) is 0.921. The molecule has 0 amide bonds. The molecule has 3 aromatic rings. The number of anilines is 1. The van der Waals surface area contributed by atoms with Gasteiger partial charge in [-0.3, -0.25) is 0 Å². The van der Waals surface area contributed by atoms with Gasteiger partial charge in [-0.2, -0.15) is 4.98 Å². The smallest absolute Gasteiger partial charge is 0.339 e. The van der Waals surface area contributed by atoms with E-state index in [2.05, 4.69) is 15.4 Å². The molecule has 1 aliphatic rings. The lowest BCUT2D eigenvalue weighted by Crippen LogP contribution is -2.15. The molecule has 1 N–H and O–H groups in total. The molecule has 0 radical (unpaired) electrons. The molecule has 1 atom stereocenters. The van der Waals surface area contributed by atoms with Crippen LogP contribution in [0.15, 0.2) is 42.6 Å². The number of hydrogen-bond acceptors (Lipinski definition) is 7. The summed E-state index contributed by atoms with van der Waals surface area (Å²) in [4.78, 5) is 16.0. The first-order valence-corrected chi connectivity index (χ1v) is 8.73.